The maximum Gasteiger partial charge on any atom is 0.224 e. The van der Waals surface area contributed by atoms with Crippen LogP contribution in [0.3, 0.4) is 0 Å². The van der Waals surface area contributed by atoms with Crippen molar-refractivity contribution in [1.29, 1.82) is 0 Å². The number of aromatic nitrogens is 1. The molecule has 2 unspecified atom stereocenters. The minimum atomic E-state index is -0.975. The zero-order valence-corrected chi connectivity index (χ0v) is 17.0. The molecule has 3 nitrogen and oxygen atoms in total. The molecule has 28 heavy (non-hydrogen) atoms. The molecule has 5 aliphatic rings. The predicted molar refractivity (Wildman–Crippen MR) is 109 cm³/mol. The summed E-state index contributed by atoms with van der Waals surface area (Å²) in [6.45, 7) is 3.87. The number of aryl methyl sites for hydroxylation is 1. The Bertz CT molecular complexity index is 835. The number of allylic oxidation sites excluding steroid dienone is 3. The molecule has 4 saturated carbocycles. The highest BCUT2D eigenvalue weighted by atomic mass is 19.1. The van der Waals surface area contributed by atoms with E-state index in [9.17, 15) is 4.79 Å². The lowest BCUT2D eigenvalue weighted by molar-refractivity contribution is -0.144. The van der Waals surface area contributed by atoms with Crippen LogP contribution in [-0.4, -0.2) is 27.5 Å². The number of alkyl halides is 1. The highest BCUT2D eigenvalue weighted by molar-refractivity contribution is 5.88. The Kier molecular flexibility index (Phi) is 4.29. The Morgan fingerprint density at radius 3 is 2.68 bits per heavy atom. The van der Waals surface area contributed by atoms with Gasteiger partial charge in [0.05, 0.1) is 5.70 Å². The molecule has 1 heterocycles. The van der Waals surface area contributed by atoms with E-state index in [2.05, 4.69) is 35.0 Å². The predicted octanol–water partition coefficient (Wildman–Crippen LogP) is 5.40. The number of fused-ring (bicyclic) bond motifs is 1. The van der Waals surface area contributed by atoms with Crippen molar-refractivity contribution in [3.05, 3.63) is 41.2 Å². The molecular formula is C24H31FN2O. The fourth-order valence-corrected chi connectivity index (χ4v) is 6.94. The summed E-state index contributed by atoms with van der Waals surface area (Å²) in [4.78, 5) is 18.6. The number of hydrogen-bond donors (Lipinski definition) is 1. The average molecular weight is 383 g/mol. The number of H-pyrrole nitrogens is 1. The van der Waals surface area contributed by atoms with Crippen LogP contribution in [0.25, 0.3) is 5.70 Å². The number of hydrogen-bond acceptors (Lipinski definition) is 1. The van der Waals surface area contributed by atoms with Crippen molar-refractivity contribution in [2.75, 3.05) is 0 Å². The van der Waals surface area contributed by atoms with Gasteiger partial charge in [0.2, 0.25) is 5.91 Å². The molecule has 1 aromatic rings. The highest BCUT2D eigenvalue weighted by Crippen LogP contribution is 2.59. The van der Waals surface area contributed by atoms with Crippen molar-refractivity contribution in [3.8, 4) is 0 Å². The summed E-state index contributed by atoms with van der Waals surface area (Å²) in [6.07, 6.45) is 13.5. The lowest BCUT2D eigenvalue weighted by atomic mass is 9.52. The fraction of sp³-hybridized carbons (Fsp3) is 0.625. The molecule has 0 radical (unpaired) electrons. The quantitative estimate of drug-likeness (QED) is 0.746. The lowest BCUT2D eigenvalue weighted by Gasteiger charge is -2.59. The first kappa shape index (κ1) is 18.2. The lowest BCUT2D eigenvalue weighted by Crippen LogP contribution is -2.60. The van der Waals surface area contributed by atoms with E-state index in [-0.39, 0.29) is 11.9 Å². The van der Waals surface area contributed by atoms with Gasteiger partial charge in [0.1, 0.15) is 5.67 Å². The normalized spacial score (nSPS) is 40.0. The van der Waals surface area contributed by atoms with Crippen LogP contribution in [0.15, 0.2) is 30.0 Å². The number of carbonyl (C=O) groups excluding carboxylic acids is 1. The van der Waals surface area contributed by atoms with Crippen LogP contribution in [0, 0.1) is 17.8 Å². The molecule has 1 amide bonds. The number of aromatic amines is 1. The number of rotatable bonds is 3. The monoisotopic (exact) mass is 382 g/mol. The summed E-state index contributed by atoms with van der Waals surface area (Å²) >= 11 is 0. The van der Waals surface area contributed by atoms with Gasteiger partial charge in [0.15, 0.2) is 0 Å². The van der Waals surface area contributed by atoms with Gasteiger partial charge in [-0.15, -0.1) is 0 Å². The van der Waals surface area contributed by atoms with Gasteiger partial charge >= 0.3 is 0 Å². The minimum absolute atomic E-state index is 0.104. The van der Waals surface area contributed by atoms with Gasteiger partial charge in [-0.3, -0.25) is 4.79 Å². The second kappa shape index (κ2) is 6.60. The summed E-state index contributed by atoms with van der Waals surface area (Å²) in [5, 5.41) is 0. The topological polar surface area (TPSA) is 36.1 Å². The van der Waals surface area contributed by atoms with E-state index < -0.39 is 5.67 Å². The van der Waals surface area contributed by atoms with E-state index in [1.165, 1.54) is 16.8 Å². The summed E-state index contributed by atoms with van der Waals surface area (Å²) in [7, 11) is 0. The fourth-order valence-electron chi connectivity index (χ4n) is 6.94. The van der Waals surface area contributed by atoms with Crippen molar-refractivity contribution in [2.45, 2.75) is 76.9 Å². The zero-order chi connectivity index (χ0) is 19.5. The van der Waals surface area contributed by atoms with E-state index in [1.54, 1.807) is 6.92 Å². The number of amides is 1. The first-order valence-electron chi connectivity index (χ1n) is 11.0. The van der Waals surface area contributed by atoms with E-state index in [4.69, 9.17) is 0 Å². The van der Waals surface area contributed by atoms with Crippen molar-refractivity contribution in [3.63, 3.8) is 0 Å². The SMILES string of the molecule is CCC1=C(\N(C(C)=O)C2C3CC4CC2CC(F)(C4)C3)c2cc[nH]c2CC\C=C\1. The number of nitrogens with one attached hydrogen (secondary N) is 1. The molecule has 1 aromatic heterocycles. The van der Waals surface area contributed by atoms with Crippen molar-refractivity contribution in [1.82, 2.24) is 9.88 Å². The van der Waals surface area contributed by atoms with Crippen LogP contribution in [0.5, 0.6) is 0 Å². The third-order valence-electron chi connectivity index (χ3n) is 7.68. The second-order valence-electron chi connectivity index (χ2n) is 9.54. The van der Waals surface area contributed by atoms with E-state index in [0.29, 0.717) is 30.6 Å². The average Bonchev–Trinajstić information content (AvgIpc) is 3.05. The van der Waals surface area contributed by atoms with Gasteiger partial charge in [0, 0.05) is 30.4 Å². The number of nitrogens with zero attached hydrogens (tertiary/aromatic N) is 1. The molecule has 150 valence electrons. The van der Waals surface area contributed by atoms with Gasteiger partial charge in [-0.1, -0.05) is 19.1 Å². The van der Waals surface area contributed by atoms with E-state index >= 15 is 4.39 Å². The molecule has 1 N–H and O–H groups in total. The van der Waals surface area contributed by atoms with Crippen LogP contribution < -0.4 is 0 Å². The summed E-state index contributed by atoms with van der Waals surface area (Å²) in [5.41, 5.74) is 3.70. The highest BCUT2D eigenvalue weighted by Gasteiger charge is 2.58. The van der Waals surface area contributed by atoms with Crippen molar-refractivity contribution < 1.29 is 9.18 Å². The molecule has 0 spiro atoms. The molecule has 5 aliphatic carbocycles. The maximum absolute atomic E-state index is 15.3. The van der Waals surface area contributed by atoms with Crippen LogP contribution in [0.1, 0.15) is 70.1 Å². The molecule has 0 aromatic carbocycles. The van der Waals surface area contributed by atoms with Crippen LogP contribution in [0.2, 0.25) is 0 Å². The molecule has 0 saturated heterocycles. The molecule has 4 bridgehead atoms. The third-order valence-corrected chi connectivity index (χ3v) is 7.68. The number of carbonyl (C=O) groups is 1. The van der Waals surface area contributed by atoms with Crippen molar-refractivity contribution in [2.24, 2.45) is 17.8 Å². The summed E-state index contributed by atoms with van der Waals surface area (Å²) in [6, 6.07) is 2.27. The summed E-state index contributed by atoms with van der Waals surface area (Å²) in [5.74, 6) is 1.21. The smallest absolute Gasteiger partial charge is 0.224 e. The van der Waals surface area contributed by atoms with Gasteiger partial charge in [-0.25, -0.2) is 4.39 Å². The first-order valence-corrected chi connectivity index (χ1v) is 11.0. The van der Waals surface area contributed by atoms with E-state index in [0.717, 1.165) is 44.2 Å². The summed E-state index contributed by atoms with van der Waals surface area (Å²) < 4.78 is 15.3. The molecule has 4 fully saturated rings. The Labute approximate surface area is 167 Å². The van der Waals surface area contributed by atoms with Crippen molar-refractivity contribution >= 4 is 11.6 Å². The zero-order valence-electron chi connectivity index (χ0n) is 17.0. The first-order chi connectivity index (χ1) is 13.5. The van der Waals surface area contributed by atoms with Gasteiger partial charge in [-0.2, -0.15) is 0 Å². The molecule has 4 heteroatoms. The Morgan fingerprint density at radius 1 is 1.29 bits per heavy atom. The second-order valence-corrected chi connectivity index (χ2v) is 9.54. The minimum Gasteiger partial charge on any atom is -0.364 e. The maximum atomic E-state index is 15.3. The molecular weight excluding hydrogens is 351 g/mol. The Morgan fingerprint density at radius 2 is 2.04 bits per heavy atom. The third kappa shape index (κ3) is 2.79. The Balaban J connectivity index is 1.63. The standard InChI is InChI=1S/C24H31FN2O/c1-3-17-6-4-5-7-21-20(8-9-26-21)23(17)27(15(2)28)22-18-10-16-11-19(22)14-24(25,12-16)13-18/h4,6,8-9,16,18-19,22,26H,3,5,7,10-14H2,1-2H3/b6-4+,23-17+. The Hall–Kier alpha value is -1.84. The van der Waals surface area contributed by atoms with Gasteiger partial charge < -0.3 is 9.88 Å². The molecule has 0 aliphatic heterocycles. The van der Waals surface area contributed by atoms with Crippen LogP contribution in [0.4, 0.5) is 4.39 Å². The van der Waals surface area contributed by atoms with Crippen LogP contribution >= 0.6 is 0 Å². The van der Waals surface area contributed by atoms with Gasteiger partial charge in [0.25, 0.3) is 0 Å². The number of halogens is 1. The van der Waals surface area contributed by atoms with Crippen LogP contribution in [-0.2, 0) is 11.2 Å². The molecule has 2 atom stereocenters. The molecule has 6 rings (SSSR count). The largest absolute Gasteiger partial charge is 0.364 e. The van der Waals surface area contributed by atoms with E-state index in [1.807, 2.05) is 6.20 Å². The van der Waals surface area contributed by atoms with Gasteiger partial charge in [-0.05, 0) is 80.8 Å².